The summed E-state index contributed by atoms with van der Waals surface area (Å²) in [6.45, 7) is 9.32. The van der Waals surface area contributed by atoms with Crippen molar-refractivity contribution in [3.63, 3.8) is 0 Å². The summed E-state index contributed by atoms with van der Waals surface area (Å²) in [5.74, 6) is 1.44. The first-order valence-corrected chi connectivity index (χ1v) is 11.7. The van der Waals surface area contributed by atoms with E-state index in [1.54, 1.807) is 30.0 Å². The van der Waals surface area contributed by atoms with Crippen LogP contribution in [0.25, 0.3) is 11.4 Å². The lowest BCUT2D eigenvalue weighted by atomic mass is 10.2. The smallest absolute Gasteiger partial charge is 0.243 e. The summed E-state index contributed by atoms with van der Waals surface area (Å²) in [7, 11) is -3.52. The van der Waals surface area contributed by atoms with Crippen LogP contribution in [0.15, 0.2) is 34.3 Å². The normalized spacial score (nSPS) is 13.3. The molecular formula is C18H29N5O2S2. The molecule has 0 saturated heterocycles. The third-order valence-corrected chi connectivity index (χ3v) is 7.50. The van der Waals surface area contributed by atoms with Crippen LogP contribution in [0.4, 0.5) is 0 Å². The predicted molar refractivity (Wildman–Crippen MR) is 110 cm³/mol. The summed E-state index contributed by atoms with van der Waals surface area (Å²) in [5, 5.41) is 9.49. The third kappa shape index (κ3) is 4.71. The molecule has 0 fully saturated rings. The number of aromatic nitrogens is 3. The lowest BCUT2D eigenvalue weighted by Gasteiger charge is -2.19. The molecule has 0 aliphatic carbocycles. The zero-order valence-corrected chi connectivity index (χ0v) is 18.1. The highest BCUT2D eigenvalue weighted by atomic mass is 32.2. The molecule has 0 saturated carbocycles. The van der Waals surface area contributed by atoms with E-state index >= 15 is 0 Å². The van der Waals surface area contributed by atoms with Gasteiger partial charge in [-0.3, -0.25) is 4.57 Å². The molecule has 0 aliphatic rings. The molecule has 150 valence electrons. The molecule has 2 N–H and O–H groups in total. The van der Waals surface area contributed by atoms with E-state index in [4.69, 9.17) is 5.73 Å². The molecule has 1 unspecified atom stereocenters. The highest BCUT2D eigenvalue weighted by molar-refractivity contribution is 7.99. The van der Waals surface area contributed by atoms with E-state index < -0.39 is 10.0 Å². The summed E-state index contributed by atoms with van der Waals surface area (Å²) in [6.07, 6.45) is 0.915. The van der Waals surface area contributed by atoms with E-state index in [1.807, 2.05) is 19.9 Å². The van der Waals surface area contributed by atoms with Crippen LogP contribution in [-0.4, -0.2) is 52.9 Å². The quantitative estimate of drug-likeness (QED) is 0.604. The van der Waals surface area contributed by atoms with Gasteiger partial charge in [0.2, 0.25) is 10.0 Å². The van der Waals surface area contributed by atoms with Crippen LogP contribution >= 0.6 is 11.8 Å². The minimum absolute atomic E-state index is 0.193. The van der Waals surface area contributed by atoms with E-state index in [2.05, 4.69) is 28.6 Å². The zero-order chi connectivity index (χ0) is 20.0. The summed E-state index contributed by atoms with van der Waals surface area (Å²) in [6, 6.07) is 7.15. The number of hydrogen-bond donors (Lipinski definition) is 1. The molecule has 0 aliphatic heterocycles. The Hall–Kier alpha value is -1.42. The van der Waals surface area contributed by atoms with Gasteiger partial charge in [0, 0.05) is 37.0 Å². The molecule has 0 bridgehead atoms. The summed E-state index contributed by atoms with van der Waals surface area (Å²) in [4.78, 5) is 0.276. The summed E-state index contributed by atoms with van der Waals surface area (Å²) < 4.78 is 29.3. The Morgan fingerprint density at radius 3 is 2.52 bits per heavy atom. The highest BCUT2D eigenvalue weighted by Crippen LogP contribution is 2.30. The Morgan fingerprint density at radius 1 is 1.22 bits per heavy atom. The van der Waals surface area contributed by atoms with Crippen molar-refractivity contribution in [2.75, 3.05) is 25.4 Å². The van der Waals surface area contributed by atoms with Crippen LogP contribution in [0, 0.1) is 0 Å². The maximum Gasteiger partial charge on any atom is 0.243 e. The first kappa shape index (κ1) is 21.9. The van der Waals surface area contributed by atoms with Crippen molar-refractivity contribution in [1.29, 1.82) is 0 Å². The fourth-order valence-corrected chi connectivity index (χ4v) is 5.12. The molecule has 1 aromatic carbocycles. The van der Waals surface area contributed by atoms with Gasteiger partial charge in [0.25, 0.3) is 0 Å². The second-order valence-electron chi connectivity index (χ2n) is 6.19. The van der Waals surface area contributed by atoms with Gasteiger partial charge in [-0.05, 0) is 25.5 Å². The van der Waals surface area contributed by atoms with E-state index in [-0.39, 0.29) is 10.9 Å². The number of nitrogens with two attached hydrogens (primary N) is 1. The predicted octanol–water partition coefficient (Wildman–Crippen LogP) is 3.00. The van der Waals surface area contributed by atoms with Crippen LogP contribution in [0.3, 0.4) is 0 Å². The number of nitrogens with zero attached hydrogens (tertiary/aromatic N) is 4. The van der Waals surface area contributed by atoms with Gasteiger partial charge in [-0.25, -0.2) is 8.42 Å². The summed E-state index contributed by atoms with van der Waals surface area (Å²) in [5.41, 5.74) is 6.37. The van der Waals surface area contributed by atoms with Crippen LogP contribution in [0.1, 0.15) is 40.2 Å². The molecule has 1 aromatic heterocycles. The SMILES string of the molecule is CCC(C)n1c(SCCN)nnc1-c1cccc(S(=O)(=O)N(CC)CC)c1. The van der Waals surface area contributed by atoms with E-state index in [9.17, 15) is 8.42 Å². The maximum atomic E-state index is 12.9. The molecule has 0 radical (unpaired) electrons. The minimum Gasteiger partial charge on any atom is -0.330 e. The van der Waals surface area contributed by atoms with Gasteiger partial charge in [0.1, 0.15) is 0 Å². The Kier molecular flexibility index (Phi) is 7.84. The van der Waals surface area contributed by atoms with Crippen molar-refractivity contribution in [1.82, 2.24) is 19.1 Å². The maximum absolute atomic E-state index is 12.9. The number of rotatable bonds is 10. The van der Waals surface area contributed by atoms with Crippen molar-refractivity contribution in [3.05, 3.63) is 24.3 Å². The van der Waals surface area contributed by atoms with Gasteiger partial charge in [-0.15, -0.1) is 10.2 Å². The molecule has 2 aromatic rings. The fourth-order valence-electron chi connectivity index (χ4n) is 2.81. The van der Waals surface area contributed by atoms with E-state index in [0.717, 1.165) is 22.9 Å². The van der Waals surface area contributed by atoms with Gasteiger partial charge in [-0.1, -0.05) is 44.7 Å². The van der Waals surface area contributed by atoms with Crippen LogP contribution < -0.4 is 5.73 Å². The van der Waals surface area contributed by atoms with Crippen LogP contribution in [0.5, 0.6) is 0 Å². The number of sulfonamides is 1. The Bertz CT molecular complexity index is 847. The van der Waals surface area contributed by atoms with Crippen molar-refractivity contribution < 1.29 is 8.42 Å². The van der Waals surface area contributed by atoms with Gasteiger partial charge < -0.3 is 5.73 Å². The van der Waals surface area contributed by atoms with Crippen LogP contribution in [-0.2, 0) is 10.0 Å². The van der Waals surface area contributed by atoms with Crippen molar-refractivity contribution >= 4 is 21.8 Å². The lowest BCUT2D eigenvalue weighted by molar-refractivity contribution is 0.445. The van der Waals surface area contributed by atoms with Gasteiger partial charge in [-0.2, -0.15) is 4.31 Å². The Balaban J connectivity index is 2.52. The van der Waals surface area contributed by atoms with Gasteiger partial charge in [0.15, 0.2) is 11.0 Å². The van der Waals surface area contributed by atoms with E-state index in [1.165, 1.54) is 4.31 Å². The van der Waals surface area contributed by atoms with Crippen molar-refractivity contribution in [2.24, 2.45) is 5.73 Å². The monoisotopic (exact) mass is 411 g/mol. The fraction of sp³-hybridized carbons (Fsp3) is 0.556. The summed E-state index contributed by atoms with van der Waals surface area (Å²) >= 11 is 1.57. The van der Waals surface area contributed by atoms with Gasteiger partial charge in [0.05, 0.1) is 4.90 Å². The largest absolute Gasteiger partial charge is 0.330 e. The lowest BCUT2D eigenvalue weighted by Crippen LogP contribution is -2.30. The Labute approximate surface area is 166 Å². The molecule has 1 heterocycles. The highest BCUT2D eigenvalue weighted by Gasteiger charge is 2.24. The molecule has 1 atom stereocenters. The topological polar surface area (TPSA) is 94.1 Å². The number of benzene rings is 1. The molecule has 0 amide bonds. The molecule has 9 heteroatoms. The second kappa shape index (κ2) is 9.68. The average Bonchev–Trinajstić information content (AvgIpc) is 3.10. The number of hydrogen-bond acceptors (Lipinski definition) is 6. The average molecular weight is 412 g/mol. The molecule has 7 nitrogen and oxygen atoms in total. The number of thioether (sulfide) groups is 1. The molecule has 0 spiro atoms. The Morgan fingerprint density at radius 2 is 1.93 bits per heavy atom. The first-order chi connectivity index (χ1) is 12.9. The zero-order valence-electron chi connectivity index (χ0n) is 16.4. The van der Waals surface area contributed by atoms with Crippen LogP contribution in [0.2, 0.25) is 0 Å². The van der Waals surface area contributed by atoms with Crippen molar-refractivity contribution in [3.8, 4) is 11.4 Å². The third-order valence-electron chi connectivity index (χ3n) is 4.48. The van der Waals surface area contributed by atoms with Gasteiger partial charge >= 0.3 is 0 Å². The molecular weight excluding hydrogens is 382 g/mol. The molecule has 2 rings (SSSR count). The first-order valence-electron chi connectivity index (χ1n) is 9.28. The molecule has 27 heavy (non-hydrogen) atoms. The van der Waals surface area contributed by atoms with E-state index in [0.29, 0.717) is 25.5 Å². The minimum atomic E-state index is -3.52. The van der Waals surface area contributed by atoms with Crippen molar-refractivity contribution in [2.45, 2.75) is 50.2 Å². The standard InChI is InChI=1S/C18H29N5O2S2/c1-5-14(4)23-17(20-21-18(23)26-12-11-19)15-9-8-10-16(13-15)27(24,25)22(6-2)7-3/h8-10,13-14H,5-7,11-12,19H2,1-4H3. The second-order valence-corrected chi connectivity index (χ2v) is 9.19.